The van der Waals surface area contributed by atoms with Crippen LogP contribution in [-0.2, 0) is 11.2 Å². The van der Waals surface area contributed by atoms with Crippen molar-refractivity contribution in [2.45, 2.75) is 25.8 Å². The van der Waals surface area contributed by atoms with Crippen LogP contribution in [0.4, 0.5) is 0 Å². The second kappa shape index (κ2) is 8.72. The third-order valence-corrected chi connectivity index (χ3v) is 3.58. The highest BCUT2D eigenvalue weighted by Crippen LogP contribution is 2.12. The van der Waals surface area contributed by atoms with Crippen molar-refractivity contribution in [3.63, 3.8) is 0 Å². The van der Waals surface area contributed by atoms with Crippen molar-refractivity contribution in [1.82, 2.24) is 5.32 Å². The number of nitrogens with two attached hydrogens (primary N) is 1. The fourth-order valence-corrected chi connectivity index (χ4v) is 2.26. The van der Waals surface area contributed by atoms with Gasteiger partial charge in [-0.25, -0.2) is 0 Å². The first-order valence-corrected chi connectivity index (χ1v) is 7.90. The molecule has 0 saturated carbocycles. The predicted octanol–water partition coefficient (Wildman–Crippen LogP) is 2.30. The zero-order chi connectivity index (χ0) is 17.4. The number of hydrogen-bond donors (Lipinski definition) is 2. The van der Waals surface area contributed by atoms with E-state index in [-0.39, 0.29) is 18.6 Å². The first-order chi connectivity index (χ1) is 11.5. The van der Waals surface area contributed by atoms with E-state index in [1.54, 1.807) is 24.3 Å². The molecule has 5 heteroatoms. The number of nitrogens with one attached hydrogen (secondary N) is 1. The quantitative estimate of drug-likeness (QED) is 0.781. The van der Waals surface area contributed by atoms with Crippen LogP contribution in [0.3, 0.4) is 0 Å². The maximum absolute atomic E-state index is 12.2. The van der Waals surface area contributed by atoms with Gasteiger partial charge < -0.3 is 15.8 Å². The van der Waals surface area contributed by atoms with Crippen molar-refractivity contribution in [1.29, 1.82) is 0 Å². The Hall–Kier alpha value is -2.82. The first-order valence-electron chi connectivity index (χ1n) is 7.90. The number of carbonyl (C=O) groups is 2. The number of amides is 2. The maximum Gasteiger partial charge on any atom is 0.255 e. The Morgan fingerprint density at radius 3 is 2.38 bits per heavy atom. The van der Waals surface area contributed by atoms with Crippen molar-refractivity contribution in [3.05, 3.63) is 65.7 Å². The molecule has 126 valence electrons. The zero-order valence-electron chi connectivity index (χ0n) is 13.7. The third-order valence-electron chi connectivity index (χ3n) is 3.58. The molecule has 2 aromatic carbocycles. The Labute approximate surface area is 141 Å². The molecule has 0 aliphatic heterocycles. The summed E-state index contributed by atoms with van der Waals surface area (Å²) in [4.78, 5) is 22.9. The summed E-state index contributed by atoms with van der Waals surface area (Å²) < 4.78 is 5.16. The molecule has 0 spiro atoms. The molecule has 0 aliphatic carbocycles. The van der Waals surface area contributed by atoms with E-state index in [0.717, 1.165) is 12.8 Å². The summed E-state index contributed by atoms with van der Waals surface area (Å²) in [5.74, 6) is -0.163. The van der Waals surface area contributed by atoms with E-state index < -0.39 is 5.91 Å². The van der Waals surface area contributed by atoms with Crippen LogP contribution in [0.25, 0.3) is 0 Å². The predicted molar refractivity (Wildman–Crippen MR) is 92.8 cm³/mol. The van der Waals surface area contributed by atoms with Gasteiger partial charge in [-0.2, -0.15) is 0 Å². The number of primary amides is 1. The normalized spacial score (nSPS) is 11.5. The van der Waals surface area contributed by atoms with E-state index in [1.165, 1.54) is 5.56 Å². The average Bonchev–Trinajstić information content (AvgIpc) is 2.59. The average molecular weight is 326 g/mol. The minimum absolute atomic E-state index is 0.0727. The van der Waals surface area contributed by atoms with Gasteiger partial charge in [0, 0.05) is 11.6 Å². The minimum Gasteiger partial charge on any atom is -0.484 e. The van der Waals surface area contributed by atoms with Gasteiger partial charge in [0.15, 0.2) is 6.61 Å². The maximum atomic E-state index is 12.2. The summed E-state index contributed by atoms with van der Waals surface area (Å²) in [6.45, 7) is 1.81. The van der Waals surface area contributed by atoms with Gasteiger partial charge in [0.05, 0.1) is 0 Å². The number of carbonyl (C=O) groups excluding carboxylic acids is 2. The molecule has 1 atom stereocenters. The number of aryl methyl sites for hydroxylation is 1. The molecule has 3 N–H and O–H groups in total. The van der Waals surface area contributed by atoms with Crippen LogP contribution >= 0.6 is 0 Å². The second-order valence-corrected chi connectivity index (χ2v) is 5.68. The van der Waals surface area contributed by atoms with Crippen LogP contribution < -0.4 is 15.8 Å². The minimum atomic E-state index is -0.538. The van der Waals surface area contributed by atoms with Crippen molar-refractivity contribution in [2.75, 3.05) is 6.61 Å². The van der Waals surface area contributed by atoms with E-state index in [9.17, 15) is 9.59 Å². The molecule has 0 unspecified atom stereocenters. The van der Waals surface area contributed by atoms with Gasteiger partial charge in [0.25, 0.3) is 11.8 Å². The number of rotatable bonds is 8. The Morgan fingerprint density at radius 2 is 1.75 bits per heavy atom. The fourth-order valence-electron chi connectivity index (χ4n) is 2.26. The molecule has 0 aromatic heterocycles. The Kier molecular flexibility index (Phi) is 6.37. The summed E-state index contributed by atoms with van der Waals surface area (Å²) >= 11 is 0. The van der Waals surface area contributed by atoms with Crippen molar-refractivity contribution in [2.24, 2.45) is 5.73 Å². The molecular weight excluding hydrogens is 304 g/mol. The Morgan fingerprint density at radius 1 is 1.08 bits per heavy atom. The van der Waals surface area contributed by atoms with Crippen LogP contribution in [0.2, 0.25) is 0 Å². The number of ether oxygens (including phenoxy) is 1. The monoisotopic (exact) mass is 326 g/mol. The molecule has 0 fully saturated rings. The summed E-state index contributed by atoms with van der Waals surface area (Å²) in [5, 5.41) is 2.98. The fraction of sp³-hybridized carbons (Fsp3) is 0.263. The van der Waals surface area contributed by atoms with Gasteiger partial charge in [-0.15, -0.1) is 0 Å². The molecule has 0 saturated heterocycles. The third kappa shape index (κ3) is 5.76. The number of benzene rings is 2. The van der Waals surface area contributed by atoms with Crippen LogP contribution in [0.5, 0.6) is 5.75 Å². The van der Waals surface area contributed by atoms with Crippen LogP contribution in [0.15, 0.2) is 54.6 Å². The molecule has 0 radical (unpaired) electrons. The van der Waals surface area contributed by atoms with Gasteiger partial charge in [0.1, 0.15) is 5.75 Å². The molecule has 5 nitrogen and oxygen atoms in total. The highest BCUT2D eigenvalue weighted by molar-refractivity contribution is 5.94. The van der Waals surface area contributed by atoms with Crippen molar-refractivity contribution < 1.29 is 14.3 Å². The van der Waals surface area contributed by atoms with E-state index >= 15 is 0 Å². The van der Waals surface area contributed by atoms with Gasteiger partial charge in [-0.05, 0) is 49.6 Å². The topological polar surface area (TPSA) is 81.4 Å². The van der Waals surface area contributed by atoms with Gasteiger partial charge in [-0.3, -0.25) is 9.59 Å². The molecule has 0 heterocycles. The Bertz CT molecular complexity index is 669. The van der Waals surface area contributed by atoms with Gasteiger partial charge >= 0.3 is 0 Å². The molecule has 24 heavy (non-hydrogen) atoms. The van der Waals surface area contributed by atoms with Crippen LogP contribution in [0, 0.1) is 0 Å². The molecule has 0 bridgehead atoms. The van der Waals surface area contributed by atoms with Crippen molar-refractivity contribution in [3.8, 4) is 5.75 Å². The van der Waals surface area contributed by atoms with Crippen molar-refractivity contribution >= 4 is 11.8 Å². The molecule has 2 aromatic rings. The lowest BCUT2D eigenvalue weighted by Gasteiger charge is -2.14. The Balaban J connectivity index is 1.81. The smallest absolute Gasteiger partial charge is 0.255 e. The highest BCUT2D eigenvalue weighted by atomic mass is 16.5. The van der Waals surface area contributed by atoms with E-state index in [0.29, 0.717) is 11.3 Å². The molecule has 2 amide bonds. The SMILES string of the molecule is C[C@@H](CCc1ccccc1)NC(=O)c1ccc(OCC(N)=O)cc1. The largest absolute Gasteiger partial charge is 0.484 e. The summed E-state index contributed by atoms with van der Waals surface area (Å²) in [7, 11) is 0. The van der Waals surface area contributed by atoms with Gasteiger partial charge in [-0.1, -0.05) is 30.3 Å². The lowest BCUT2D eigenvalue weighted by molar-refractivity contribution is -0.119. The lowest BCUT2D eigenvalue weighted by Crippen LogP contribution is -2.32. The summed E-state index contributed by atoms with van der Waals surface area (Å²) in [5.41, 5.74) is 6.82. The molecular formula is C19H22N2O3. The standard InChI is InChI=1S/C19H22N2O3/c1-14(7-8-15-5-3-2-4-6-15)21-19(23)16-9-11-17(12-10-16)24-13-18(20)22/h2-6,9-12,14H,7-8,13H2,1H3,(H2,20,22)(H,21,23)/t14-/m0/s1. The summed E-state index contributed by atoms with van der Waals surface area (Å²) in [6.07, 6.45) is 1.79. The second-order valence-electron chi connectivity index (χ2n) is 5.68. The van der Waals surface area contributed by atoms with Gasteiger partial charge in [0.2, 0.25) is 0 Å². The van der Waals surface area contributed by atoms with Crippen LogP contribution in [0.1, 0.15) is 29.3 Å². The van der Waals surface area contributed by atoms with E-state index in [1.807, 2.05) is 25.1 Å². The molecule has 2 rings (SSSR count). The first kappa shape index (κ1) is 17.5. The number of hydrogen-bond acceptors (Lipinski definition) is 3. The highest BCUT2D eigenvalue weighted by Gasteiger charge is 2.10. The molecule has 0 aliphatic rings. The zero-order valence-corrected chi connectivity index (χ0v) is 13.7. The van der Waals surface area contributed by atoms with E-state index in [4.69, 9.17) is 10.5 Å². The summed E-state index contributed by atoms with van der Waals surface area (Å²) in [6, 6.07) is 16.9. The lowest BCUT2D eigenvalue weighted by atomic mass is 10.1. The van der Waals surface area contributed by atoms with E-state index in [2.05, 4.69) is 17.4 Å². The van der Waals surface area contributed by atoms with Crippen LogP contribution in [-0.4, -0.2) is 24.5 Å².